The number of nitrogens with zero attached hydrogens (tertiary/aromatic N) is 2. The van der Waals surface area contributed by atoms with Gasteiger partial charge in [0, 0.05) is 18.7 Å². The third kappa shape index (κ3) is 1.71. The van der Waals surface area contributed by atoms with Crippen molar-refractivity contribution in [2.24, 2.45) is 0 Å². The zero-order chi connectivity index (χ0) is 11.5. The molecule has 3 heteroatoms. The molecule has 0 saturated carbocycles. The number of anilines is 1. The Bertz CT molecular complexity index is 428. The molecule has 1 aliphatic heterocycles. The van der Waals surface area contributed by atoms with Crippen LogP contribution in [0.3, 0.4) is 0 Å². The van der Waals surface area contributed by atoms with E-state index in [-0.39, 0.29) is 0 Å². The van der Waals surface area contributed by atoms with E-state index < -0.39 is 0 Å². The lowest BCUT2D eigenvalue weighted by atomic mass is 10.1. The van der Waals surface area contributed by atoms with Gasteiger partial charge in [0.25, 0.3) is 0 Å². The van der Waals surface area contributed by atoms with Gasteiger partial charge in [-0.15, -0.1) is 0 Å². The van der Waals surface area contributed by atoms with Crippen LogP contribution in [-0.4, -0.2) is 20.2 Å². The first-order valence-electron chi connectivity index (χ1n) is 5.60. The monoisotopic (exact) mass is 216 g/mol. The van der Waals surface area contributed by atoms with Gasteiger partial charge in [-0.05, 0) is 31.9 Å². The summed E-state index contributed by atoms with van der Waals surface area (Å²) in [6, 6.07) is 5.98. The third-order valence-corrected chi connectivity index (χ3v) is 3.14. The van der Waals surface area contributed by atoms with Gasteiger partial charge in [0.15, 0.2) is 0 Å². The average molecular weight is 216 g/mol. The summed E-state index contributed by atoms with van der Waals surface area (Å²) in [5.41, 5.74) is 2.88. The van der Waals surface area contributed by atoms with Crippen LogP contribution in [0.4, 0.5) is 5.69 Å². The molecule has 0 bridgehead atoms. The summed E-state index contributed by atoms with van der Waals surface area (Å²) in [7, 11) is 1.67. The molecule has 1 aliphatic rings. The molecular weight excluding hydrogens is 200 g/mol. The quantitative estimate of drug-likeness (QED) is 0.762. The van der Waals surface area contributed by atoms with Gasteiger partial charge in [-0.3, -0.25) is 0 Å². The molecule has 1 saturated heterocycles. The molecule has 0 N–H and O–H groups in total. The van der Waals surface area contributed by atoms with Gasteiger partial charge in [-0.2, -0.15) is 5.26 Å². The molecule has 2 rings (SSSR count). The molecule has 0 unspecified atom stereocenters. The fraction of sp³-hybridized carbons (Fsp3) is 0.462. The Kier molecular flexibility index (Phi) is 3.00. The first-order chi connectivity index (χ1) is 7.77. The van der Waals surface area contributed by atoms with Crippen molar-refractivity contribution in [1.82, 2.24) is 0 Å². The molecule has 1 fully saturated rings. The molecule has 3 nitrogen and oxygen atoms in total. The smallest absolute Gasteiger partial charge is 0.123 e. The molecule has 0 radical (unpaired) electrons. The molecule has 0 atom stereocenters. The molecule has 1 aromatic carbocycles. The maximum Gasteiger partial charge on any atom is 0.123 e. The first kappa shape index (κ1) is 10.8. The van der Waals surface area contributed by atoms with Gasteiger partial charge in [0.1, 0.15) is 11.8 Å². The van der Waals surface area contributed by atoms with Crippen molar-refractivity contribution < 1.29 is 4.74 Å². The summed E-state index contributed by atoms with van der Waals surface area (Å²) in [5.74, 6) is 0.862. The second kappa shape index (κ2) is 4.44. The van der Waals surface area contributed by atoms with Crippen LogP contribution in [0.15, 0.2) is 12.1 Å². The van der Waals surface area contributed by atoms with Gasteiger partial charge in [-0.1, -0.05) is 0 Å². The Morgan fingerprint density at radius 3 is 2.56 bits per heavy atom. The number of hydrogen-bond acceptors (Lipinski definition) is 3. The minimum Gasteiger partial charge on any atom is -0.496 e. The maximum absolute atomic E-state index is 9.15. The van der Waals surface area contributed by atoms with E-state index in [1.54, 1.807) is 7.11 Å². The average Bonchev–Trinajstić information content (AvgIpc) is 2.81. The van der Waals surface area contributed by atoms with Crippen molar-refractivity contribution in [3.05, 3.63) is 23.3 Å². The van der Waals surface area contributed by atoms with E-state index in [4.69, 9.17) is 10.00 Å². The largest absolute Gasteiger partial charge is 0.496 e. The zero-order valence-electron chi connectivity index (χ0n) is 9.79. The van der Waals surface area contributed by atoms with Crippen molar-refractivity contribution in [2.45, 2.75) is 19.8 Å². The van der Waals surface area contributed by atoms with Crippen LogP contribution in [0.5, 0.6) is 5.75 Å². The predicted octanol–water partition coefficient (Wildman–Crippen LogP) is 2.48. The second-order valence-corrected chi connectivity index (χ2v) is 4.09. The molecule has 0 aliphatic carbocycles. The van der Waals surface area contributed by atoms with E-state index in [9.17, 15) is 0 Å². The zero-order valence-corrected chi connectivity index (χ0v) is 9.79. The van der Waals surface area contributed by atoms with E-state index in [0.29, 0.717) is 0 Å². The van der Waals surface area contributed by atoms with Crippen LogP contribution < -0.4 is 9.64 Å². The van der Waals surface area contributed by atoms with Crippen molar-refractivity contribution in [2.75, 3.05) is 25.1 Å². The Morgan fingerprint density at radius 2 is 2.00 bits per heavy atom. The fourth-order valence-corrected chi connectivity index (χ4v) is 2.34. The van der Waals surface area contributed by atoms with Crippen LogP contribution in [0.25, 0.3) is 0 Å². The lowest BCUT2D eigenvalue weighted by molar-refractivity contribution is 0.411. The van der Waals surface area contributed by atoms with Crippen LogP contribution in [0, 0.1) is 18.3 Å². The van der Waals surface area contributed by atoms with Crippen LogP contribution in [0.1, 0.15) is 24.0 Å². The van der Waals surface area contributed by atoms with Gasteiger partial charge in [-0.25, -0.2) is 0 Å². The summed E-state index contributed by atoms with van der Waals surface area (Å²) in [4.78, 5) is 2.29. The van der Waals surface area contributed by atoms with E-state index in [1.807, 2.05) is 19.1 Å². The minimum absolute atomic E-state index is 0.750. The van der Waals surface area contributed by atoms with E-state index in [1.165, 1.54) is 12.8 Å². The Balaban J connectivity index is 2.50. The molecule has 0 spiro atoms. The van der Waals surface area contributed by atoms with Gasteiger partial charge in [0.2, 0.25) is 0 Å². The summed E-state index contributed by atoms with van der Waals surface area (Å²) in [6.07, 6.45) is 2.42. The maximum atomic E-state index is 9.15. The third-order valence-electron chi connectivity index (χ3n) is 3.14. The lowest BCUT2D eigenvalue weighted by Crippen LogP contribution is -2.20. The summed E-state index contributed by atoms with van der Waals surface area (Å²) >= 11 is 0. The minimum atomic E-state index is 0.750. The SMILES string of the molecule is COc1ccc(C#N)c(N2CCCC2)c1C. The van der Waals surface area contributed by atoms with Crippen molar-refractivity contribution in [1.29, 1.82) is 5.26 Å². The first-order valence-corrected chi connectivity index (χ1v) is 5.60. The predicted molar refractivity (Wildman–Crippen MR) is 63.9 cm³/mol. The second-order valence-electron chi connectivity index (χ2n) is 4.09. The summed E-state index contributed by atoms with van der Waals surface area (Å²) in [6.45, 7) is 4.11. The molecule has 1 heterocycles. The van der Waals surface area contributed by atoms with Gasteiger partial charge >= 0.3 is 0 Å². The van der Waals surface area contributed by atoms with Crippen molar-refractivity contribution in [3.8, 4) is 11.8 Å². The lowest BCUT2D eigenvalue weighted by Gasteiger charge is -2.22. The number of benzene rings is 1. The molecule has 84 valence electrons. The highest BCUT2D eigenvalue weighted by atomic mass is 16.5. The normalized spacial score (nSPS) is 14.9. The topological polar surface area (TPSA) is 36.3 Å². The van der Waals surface area contributed by atoms with E-state index in [2.05, 4.69) is 11.0 Å². The number of methoxy groups -OCH3 is 1. The van der Waals surface area contributed by atoms with Crippen LogP contribution in [0.2, 0.25) is 0 Å². The molecule has 0 aromatic heterocycles. The standard InChI is InChI=1S/C13H16N2O/c1-10-12(16-2)6-5-11(9-14)13(10)15-7-3-4-8-15/h5-6H,3-4,7-8H2,1-2H3. The van der Waals surface area contributed by atoms with Crippen molar-refractivity contribution >= 4 is 5.69 Å². The number of nitriles is 1. The fourth-order valence-electron chi connectivity index (χ4n) is 2.34. The molecule has 0 amide bonds. The molecular formula is C13H16N2O. The van der Waals surface area contributed by atoms with Crippen LogP contribution in [-0.2, 0) is 0 Å². The number of hydrogen-bond donors (Lipinski definition) is 0. The van der Waals surface area contributed by atoms with E-state index in [0.717, 1.165) is 35.7 Å². The Labute approximate surface area is 96.2 Å². The van der Waals surface area contributed by atoms with E-state index >= 15 is 0 Å². The highest BCUT2D eigenvalue weighted by molar-refractivity contribution is 5.68. The Morgan fingerprint density at radius 1 is 1.31 bits per heavy atom. The Hall–Kier alpha value is -1.69. The van der Waals surface area contributed by atoms with Gasteiger partial charge < -0.3 is 9.64 Å². The van der Waals surface area contributed by atoms with Gasteiger partial charge in [0.05, 0.1) is 18.4 Å². The number of ether oxygens (including phenoxy) is 1. The van der Waals surface area contributed by atoms with Crippen LogP contribution >= 0.6 is 0 Å². The highest BCUT2D eigenvalue weighted by Crippen LogP contribution is 2.33. The number of rotatable bonds is 2. The molecule has 1 aromatic rings. The van der Waals surface area contributed by atoms with Crippen molar-refractivity contribution in [3.63, 3.8) is 0 Å². The molecule has 16 heavy (non-hydrogen) atoms. The summed E-state index contributed by atoms with van der Waals surface area (Å²) < 4.78 is 5.31. The highest BCUT2D eigenvalue weighted by Gasteiger charge is 2.19. The summed E-state index contributed by atoms with van der Waals surface area (Å²) in [5, 5.41) is 9.15.